The van der Waals surface area contributed by atoms with Gasteiger partial charge in [-0.15, -0.1) is 0 Å². The molecule has 154 valence electrons. The van der Waals surface area contributed by atoms with Crippen molar-refractivity contribution in [3.05, 3.63) is 84.4 Å². The first-order valence-electron chi connectivity index (χ1n) is 9.75. The monoisotopic (exact) mass is 412 g/mol. The second-order valence-electron chi connectivity index (χ2n) is 7.20. The van der Waals surface area contributed by atoms with Crippen LogP contribution in [-0.2, 0) is 10.5 Å². The molecule has 3 aromatic rings. The molecule has 0 fully saturated rings. The molecule has 0 unspecified atom stereocenters. The summed E-state index contributed by atoms with van der Waals surface area (Å²) in [5.41, 5.74) is 6.81. The van der Waals surface area contributed by atoms with E-state index in [9.17, 15) is 4.79 Å². The SMILES string of the molecule is CN1C(=O)[C@@]2(N=C(N)NC(Nc3ccc(Oc4ccccc4)cc3)=N2)c2ccccc21. The van der Waals surface area contributed by atoms with Crippen LogP contribution in [0.2, 0.25) is 0 Å². The number of carbonyl (C=O) groups is 1. The third-order valence-corrected chi connectivity index (χ3v) is 5.14. The van der Waals surface area contributed by atoms with Crippen LogP contribution in [0.1, 0.15) is 5.56 Å². The van der Waals surface area contributed by atoms with E-state index in [1.165, 1.54) is 0 Å². The zero-order valence-corrected chi connectivity index (χ0v) is 16.7. The molecule has 0 saturated heterocycles. The Bertz CT molecular complexity index is 1210. The smallest absolute Gasteiger partial charge is 0.282 e. The number of hydrogen-bond acceptors (Lipinski definition) is 7. The number of amides is 1. The Kier molecular flexibility index (Phi) is 4.32. The number of anilines is 2. The quantitative estimate of drug-likeness (QED) is 0.614. The molecule has 2 aliphatic rings. The van der Waals surface area contributed by atoms with Gasteiger partial charge in [-0.25, -0.2) is 9.98 Å². The van der Waals surface area contributed by atoms with Crippen molar-refractivity contribution >= 4 is 29.2 Å². The molecule has 2 aliphatic heterocycles. The lowest BCUT2D eigenvalue weighted by Crippen LogP contribution is -2.50. The largest absolute Gasteiger partial charge is 0.457 e. The van der Waals surface area contributed by atoms with Crippen LogP contribution in [0.25, 0.3) is 0 Å². The molecule has 1 spiro atoms. The molecule has 31 heavy (non-hydrogen) atoms. The summed E-state index contributed by atoms with van der Waals surface area (Å²) in [5, 5.41) is 6.07. The molecule has 0 aromatic heterocycles. The molecule has 0 bridgehead atoms. The molecule has 0 aliphatic carbocycles. The van der Waals surface area contributed by atoms with Crippen molar-refractivity contribution < 1.29 is 9.53 Å². The predicted octanol–water partition coefficient (Wildman–Crippen LogP) is 2.99. The van der Waals surface area contributed by atoms with Gasteiger partial charge in [0.25, 0.3) is 11.6 Å². The molecule has 0 saturated carbocycles. The fourth-order valence-electron chi connectivity index (χ4n) is 3.70. The first-order chi connectivity index (χ1) is 15.0. The Balaban J connectivity index is 1.41. The van der Waals surface area contributed by atoms with E-state index in [0.717, 1.165) is 17.1 Å². The number of nitrogens with one attached hydrogen (secondary N) is 2. The van der Waals surface area contributed by atoms with E-state index in [-0.39, 0.29) is 11.9 Å². The highest BCUT2D eigenvalue weighted by atomic mass is 16.5. The number of hydrogen-bond donors (Lipinski definition) is 3. The molecule has 3 aromatic carbocycles. The number of guanidine groups is 2. The van der Waals surface area contributed by atoms with Crippen LogP contribution in [0.15, 0.2) is 88.8 Å². The normalized spacial score (nSPS) is 19.4. The molecule has 2 heterocycles. The van der Waals surface area contributed by atoms with E-state index in [1.807, 2.05) is 78.9 Å². The zero-order chi connectivity index (χ0) is 21.4. The number of nitrogens with zero attached hydrogens (tertiary/aromatic N) is 3. The lowest BCUT2D eigenvalue weighted by molar-refractivity contribution is -0.122. The van der Waals surface area contributed by atoms with Crippen LogP contribution in [-0.4, -0.2) is 24.9 Å². The summed E-state index contributed by atoms with van der Waals surface area (Å²) in [6, 6.07) is 24.4. The molecule has 5 rings (SSSR count). The van der Waals surface area contributed by atoms with Gasteiger partial charge < -0.3 is 20.7 Å². The van der Waals surface area contributed by atoms with Crippen LogP contribution in [0.3, 0.4) is 0 Å². The van der Waals surface area contributed by atoms with Gasteiger partial charge in [0.2, 0.25) is 5.96 Å². The number of nitrogens with two attached hydrogens (primary N) is 1. The summed E-state index contributed by atoms with van der Waals surface area (Å²) in [6.45, 7) is 0. The third-order valence-electron chi connectivity index (χ3n) is 5.14. The molecular formula is C23H20N6O2. The van der Waals surface area contributed by atoms with E-state index in [0.29, 0.717) is 17.3 Å². The summed E-state index contributed by atoms with van der Waals surface area (Å²) in [6.07, 6.45) is 0. The lowest BCUT2D eigenvalue weighted by atomic mass is 10.0. The maximum absolute atomic E-state index is 13.1. The minimum Gasteiger partial charge on any atom is -0.457 e. The second kappa shape index (κ2) is 7.17. The highest BCUT2D eigenvalue weighted by Gasteiger charge is 2.52. The summed E-state index contributed by atoms with van der Waals surface area (Å²) in [7, 11) is 1.71. The Morgan fingerprint density at radius 1 is 0.935 bits per heavy atom. The van der Waals surface area contributed by atoms with Gasteiger partial charge in [0.05, 0.1) is 5.69 Å². The molecule has 1 amide bonds. The van der Waals surface area contributed by atoms with E-state index in [1.54, 1.807) is 11.9 Å². The van der Waals surface area contributed by atoms with Crippen molar-refractivity contribution in [2.24, 2.45) is 15.7 Å². The van der Waals surface area contributed by atoms with E-state index in [4.69, 9.17) is 10.5 Å². The van der Waals surface area contributed by atoms with E-state index >= 15 is 0 Å². The van der Waals surface area contributed by atoms with Crippen molar-refractivity contribution in [3.8, 4) is 11.5 Å². The minimum absolute atomic E-state index is 0.111. The van der Waals surface area contributed by atoms with Gasteiger partial charge in [0.15, 0.2) is 5.96 Å². The zero-order valence-electron chi connectivity index (χ0n) is 16.7. The van der Waals surface area contributed by atoms with Gasteiger partial charge in [-0.3, -0.25) is 10.1 Å². The predicted molar refractivity (Wildman–Crippen MR) is 120 cm³/mol. The van der Waals surface area contributed by atoms with Crippen molar-refractivity contribution in [2.45, 2.75) is 5.66 Å². The number of benzene rings is 3. The second-order valence-corrected chi connectivity index (χ2v) is 7.20. The molecular weight excluding hydrogens is 392 g/mol. The van der Waals surface area contributed by atoms with Crippen molar-refractivity contribution in [2.75, 3.05) is 17.3 Å². The van der Waals surface area contributed by atoms with Gasteiger partial charge in [0, 0.05) is 18.3 Å². The van der Waals surface area contributed by atoms with Gasteiger partial charge in [-0.2, -0.15) is 0 Å². The van der Waals surface area contributed by atoms with Crippen LogP contribution < -0.4 is 26.0 Å². The van der Waals surface area contributed by atoms with Crippen LogP contribution >= 0.6 is 0 Å². The first kappa shape index (κ1) is 18.7. The molecule has 1 atom stereocenters. The number of fused-ring (bicyclic) bond motifs is 2. The Hall–Kier alpha value is -4.33. The number of likely N-dealkylation sites (N-methyl/N-ethyl adjacent to an activating group) is 1. The standard InChI is InChI=1S/C23H20N6O2/c1-29-19-10-6-5-9-18(19)23(20(29)30)27-21(24)26-22(28-23)25-15-11-13-17(14-12-15)31-16-7-3-2-4-8-16/h2-14H,1H3,(H4,24,25,26,27,28)/t23-/m1/s1. The first-order valence-corrected chi connectivity index (χ1v) is 9.75. The number of para-hydroxylation sites is 2. The molecule has 8 heteroatoms. The van der Waals surface area contributed by atoms with Crippen molar-refractivity contribution in [3.63, 3.8) is 0 Å². The highest BCUT2D eigenvalue weighted by molar-refractivity contribution is 6.14. The number of aliphatic imine (C=N–C) groups is 2. The Morgan fingerprint density at radius 2 is 1.61 bits per heavy atom. The van der Waals surface area contributed by atoms with Gasteiger partial charge in [-0.1, -0.05) is 36.4 Å². The topological polar surface area (TPSA) is 104 Å². The molecule has 8 nitrogen and oxygen atoms in total. The summed E-state index contributed by atoms with van der Waals surface area (Å²) >= 11 is 0. The summed E-state index contributed by atoms with van der Waals surface area (Å²) in [5.74, 6) is 1.65. The minimum atomic E-state index is -1.43. The third kappa shape index (κ3) is 3.24. The van der Waals surface area contributed by atoms with Gasteiger partial charge in [0.1, 0.15) is 11.5 Å². The Labute approximate surface area is 179 Å². The summed E-state index contributed by atoms with van der Waals surface area (Å²) in [4.78, 5) is 23.6. The van der Waals surface area contributed by atoms with E-state index < -0.39 is 5.66 Å². The highest BCUT2D eigenvalue weighted by Crippen LogP contribution is 2.43. The van der Waals surface area contributed by atoms with E-state index in [2.05, 4.69) is 20.6 Å². The maximum Gasteiger partial charge on any atom is 0.282 e. The van der Waals surface area contributed by atoms with Crippen molar-refractivity contribution in [1.82, 2.24) is 5.32 Å². The maximum atomic E-state index is 13.1. The summed E-state index contributed by atoms with van der Waals surface area (Å²) < 4.78 is 5.82. The van der Waals surface area contributed by atoms with Crippen LogP contribution in [0.5, 0.6) is 11.5 Å². The van der Waals surface area contributed by atoms with Crippen molar-refractivity contribution in [1.29, 1.82) is 0 Å². The fourth-order valence-corrected chi connectivity index (χ4v) is 3.70. The average Bonchev–Trinajstić information content (AvgIpc) is 2.97. The fraction of sp³-hybridized carbons (Fsp3) is 0.0870. The van der Waals surface area contributed by atoms with Gasteiger partial charge in [-0.05, 0) is 42.5 Å². The lowest BCUT2D eigenvalue weighted by Gasteiger charge is -2.26. The van der Waals surface area contributed by atoms with Gasteiger partial charge >= 0.3 is 0 Å². The van der Waals surface area contributed by atoms with Crippen LogP contribution in [0, 0.1) is 0 Å². The van der Waals surface area contributed by atoms with Crippen LogP contribution in [0.4, 0.5) is 11.4 Å². The molecule has 0 radical (unpaired) electrons. The number of rotatable bonds is 3. The average molecular weight is 412 g/mol. The number of carbonyl (C=O) groups excluding carboxylic acids is 1. The number of ether oxygens (including phenoxy) is 1. The molecule has 4 N–H and O–H groups in total. The Morgan fingerprint density at radius 3 is 2.39 bits per heavy atom.